The molecule has 0 N–H and O–H groups in total. The average molecular weight is 374 g/mol. The summed E-state index contributed by atoms with van der Waals surface area (Å²) in [4.78, 5) is 0. The largest absolute Gasteiger partial charge is 0.485 e. The average Bonchev–Trinajstić information content (AvgIpc) is 3.02. The van der Waals surface area contributed by atoms with Crippen molar-refractivity contribution < 1.29 is 4.74 Å². The standard InChI is InChI=1S/C19H20ClN3OS/c1-3-23-18(12-24-17-11-7-4-8-14(17)2)21-22-19(23)25-13-15-9-5-6-10-16(15)20/h4-11H,3,12-13H2,1-2H3. The lowest BCUT2D eigenvalue weighted by Crippen LogP contribution is -2.07. The van der Waals surface area contributed by atoms with Crippen LogP contribution in [0.5, 0.6) is 5.75 Å². The van der Waals surface area contributed by atoms with Gasteiger partial charge in [-0.15, -0.1) is 10.2 Å². The first-order valence-corrected chi connectivity index (χ1v) is 9.52. The van der Waals surface area contributed by atoms with Gasteiger partial charge in [-0.05, 0) is 37.1 Å². The molecule has 130 valence electrons. The maximum atomic E-state index is 6.23. The van der Waals surface area contributed by atoms with E-state index in [-0.39, 0.29) is 0 Å². The van der Waals surface area contributed by atoms with E-state index in [1.54, 1.807) is 11.8 Å². The van der Waals surface area contributed by atoms with Crippen LogP contribution < -0.4 is 4.74 Å². The molecule has 3 aromatic rings. The van der Waals surface area contributed by atoms with E-state index in [0.29, 0.717) is 6.61 Å². The maximum absolute atomic E-state index is 6.23. The van der Waals surface area contributed by atoms with Crippen molar-refractivity contribution in [1.29, 1.82) is 0 Å². The molecule has 0 saturated carbocycles. The molecule has 6 heteroatoms. The Morgan fingerprint density at radius 2 is 1.84 bits per heavy atom. The fourth-order valence-corrected chi connectivity index (χ4v) is 3.78. The monoisotopic (exact) mass is 373 g/mol. The van der Waals surface area contributed by atoms with Crippen LogP contribution in [0.4, 0.5) is 0 Å². The number of aryl methyl sites for hydroxylation is 1. The zero-order valence-electron chi connectivity index (χ0n) is 14.3. The molecule has 0 aliphatic heterocycles. The molecule has 0 spiro atoms. The lowest BCUT2D eigenvalue weighted by molar-refractivity contribution is 0.286. The predicted molar refractivity (Wildman–Crippen MR) is 102 cm³/mol. The number of halogens is 1. The van der Waals surface area contributed by atoms with Crippen LogP contribution in [-0.2, 0) is 18.9 Å². The van der Waals surface area contributed by atoms with E-state index in [0.717, 1.165) is 45.2 Å². The Balaban J connectivity index is 1.68. The van der Waals surface area contributed by atoms with Gasteiger partial charge in [-0.25, -0.2) is 0 Å². The summed E-state index contributed by atoms with van der Waals surface area (Å²) in [5.41, 5.74) is 2.20. The third-order valence-corrected chi connectivity index (χ3v) is 5.26. The summed E-state index contributed by atoms with van der Waals surface area (Å²) in [5.74, 6) is 2.46. The summed E-state index contributed by atoms with van der Waals surface area (Å²) in [5, 5.41) is 10.3. The lowest BCUT2D eigenvalue weighted by Gasteiger charge is -2.10. The van der Waals surface area contributed by atoms with Crippen molar-refractivity contribution in [3.8, 4) is 5.75 Å². The number of benzene rings is 2. The number of ether oxygens (including phenoxy) is 1. The van der Waals surface area contributed by atoms with Crippen molar-refractivity contribution in [2.75, 3.05) is 0 Å². The summed E-state index contributed by atoms with van der Waals surface area (Å²) in [6, 6.07) is 15.8. The van der Waals surface area contributed by atoms with Gasteiger partial charge in [-0.3, -0.25) is 0 Å². The van der Waals surface area contributed by atoms with E-state index in [4.69, 9.17) is 16.3 Å². The van der Waals surface area contributed by atoms with E-state index >= 15 is 0 Å². The number of para-hydroxylation sites is 1. The van der Waals surface area contributed by atoms with Crippen molar-refractivity contribution >= 4 is 23.4 Å². The SMILES string of the molecule is CCn1c(COc2ccccc2C)nnc1SCc1ccccc1Cl. The summed E-state index contributed by atoms with van der Waals surface area (Å²) < 4.78 is 7.99. The van der Waals surface area contributed by atoms with E-state index in [2.05, 4.69) is 21.7 Å². The fourth-order valence-electron chi connectivity index (χ4n) is 2.47. The van der Waals surface area contributed by atoms with Gasteiger partial charge in [-0.1, -0.05) is 59.8 Å². The van der Waals surface area contributed by atoms with Gasteiger partial charge in [-0.2, -0.15) is 0 Å². The Morgan fingerprint density at radius 3 is 2.60 bits per heavy atom. The van der Waals surface area contributed by atoms with Gasteiger partial charge in [0.15, 0.2) is 11.0 Å². The topological polar surface area (TPSA) is 39.9 Å². The minimum Gasteiger partial charge on any atom is -0.485 e. The highest BCUT2D eigenvalue weighted by Crippen LogP contribution is 2.26. The molecule has 0 fully saturated rings. The van der Waals surface area contributed by atoms with Gasteiger partial charge < -0.3 is 9.30 Å². The van der Waals surface area contributed by atoms with Crippen molar-refractivity contribution in [3.63, 3.8) is 0 Å². The van der Waals surface area contributed by atoms with Crippen LogP contribution in [0.2, 0.25) is 5.02 Å². The molecule has 25 heavy (non-hydrogen) atoms. The number of rotatable bonds is 7. The second-order valence-corrected chi connectivity index (χ2v) is 6.93. The van der Waals surface area contributed by atoms with Crippen LogP contribution in [0.3, 0.4) is 0 Å². The molecular weight excluding hydrogens is 354 g/mol. The quantitative estimate of drug-likeness (QED) is 0.538. The fraction of sp³-hybridized carbons (Fsp3) is 0.263. The first kappa shape index (κ1) is 17.8. The Bertz CT molecular complexity index is 783. The summed E-state index contributed by atoms with van der Waals surface area (Å²) in [7, 11) is 0. The molecule has 0 amide bonds. The van der Waals surface area contributed by atoms with Crippen molar-refractivity contribution in [2.45, 2.75) is 37.9 Å². The Morgan fingerprint density at radius 1 is 1.08 bits per heavy atom. The molecule has 2 aromatic carbocycles. The van der Waals surface area contributed by atoms with Gasteiger partial charge in [0.05, 0.1) is 0 Å². The molecule has 0 unspecified atom stereocenters. The van der Waals surface area contributed by atoms with Crippen molar-refractivity contribution in [1.82, 2.24) is 14.8 Å². The van der Waals surface area contributed by atoms with Gasteiger partial charge in [0.2, 0.25) is 0 Å². The number of thioether (sulfide) groups is 1. The molecule has 0 bridgehead atoms. The van der Waals surface area contributed by atoms with Gasteiger partial charge in [0.25, 0.3) is 0 Å². The zero-order chi connectivity index (χ0) is 17.6. The minimum absolute atomic E-state index is 0.401. The molecule has 0 radical (unpaired) electrons. The summed E-state index contributed by atoms with van der Waals surface area (Å²) in [6.45, 7) is 5.31. The first-order valence-electron chi connectivity index (χ1n) is 8.15. The van der Waals surface area contributed by atoms with Crippen LogP contribution in [-0.4, -0.2) is 14.8 Å². The third kappa shape index (κ3) is 4.35. The lowest BCUT2D eigenvalue weighted by atomic mass is 10.2. The van der Waals surface area contributed by atoms with E-state index in [9.17, 15) is 0 Å². The highest BCUT2D eigenvalue weighted by atomic mass is 35.5. The van der Waals surface area contributed by atoms with Gasteiger partial charge in [0.1, 0.15) is 12.4 Å². The van der Waals surface area contributed by atoms with Crippen molar-refractivity contribution in [2.24, 2.45) is 0 Å². The highest BCUT2D eigenvalue weighted by Gasteiger charge is 2.13. The molecule has 0 saturated heterocycles. The molecule has 0 atom stereocenters. The summed E-state index contributed by atoms with van der Waals surface area (Å²) >= 11 is 7.86. The Kier molecular flexibility index (Phi) is 6.00. The molecule has 0 aliphatic rings. The molecular formula is C19H20ClN3OS. The van der Waals surface area contributed by atoms with E-state index in [1.165, 1.54) is 0 Å². The van der Waals surface area contributed by atoms with Crippen LogP contribution in [0.1, 0.15) is 23.9 Å². The van der Waals surface area contributed by atoms with Gasteiger partial charge in [0, 0.05) is 17.3 Å². The minimum atomic E-state index is 0.401. The number of aromatic nitrogens is 3. The van der Waals surface area contributed by atoms with Crippen LogP contribution in [0, 0.1) is 6.92 Å². The normalized spacial score (nSPS) is 10.8. The Labute approximate surface area is 157 Å². The molecule has 1 aromatic heterocycles. The zero-order valence-corrected chi connectivity index (χ0v) is 15.8. The second kappa shape index (κ2) is 8.41. The van der Waals surface area contributed by atoms with Crippen LogP contribution in [0.15, 0.2) is 53.7 Å². The van der Waals surface area contributed by atoms with E-state index < -0.39 is 0 Å². The molecule has 4 nitrogen and oxygen atoms in total. The highest BCUT2D eigenvalue weighted by molar-refractivity contribution is 7.98. The van der Waals surface area contributed by atoms with E-state index in [1.807, 2.05) is 55.5 Å². The third-order valence-electron chi connectivity index (χ3n) is 3.87. The maximum Gasteiger partial charge on any atom is 0.191 e. The Hall–Kier alpha value is -1.98. The summed E-state index contributed by atoms with van der Waals surface area (Å²) in [6.07, 6.45) is 0. The van der Waals surface area contributed by atoms with Crippen LogP contribution in [0.25, 0.3) is 0 Å². The molecule has 3 rings (SSSR count). The van der Waals surface area contributed by atoms with Gasteiger partial charge >= 0.3 is 0 Å². The number of nitrogens with zero attached hydrogens (tertiary/aromatic N) is 3. The van der Waals surface area contributed by atoms with Crippen LogP contribution >= 0.6 is 23.4 Å². The van der Waals surface area contributed by atoms with Crippen molar-refractivity contribution in [3.05, 3.63) is 70.5 Å². The first-order chi connectivity index (χ1) is 12.2. The number of hydrogen-bond acceptors (Lipinski definition) is 4. The second-order valence-electron chi connectivity index (χ2n) is 5.58. The smallest absolute Gasteiger partial charge is 0.191 e. The number of hydrogen-bond donors (Lipinski definition) is 0. The molecule has 0 aliphatic carbocycles. The predicted octanol–water partition coefficient (Wildman–Crippen LogP) is 5.13. The molecule has 1 heterocycles.